The number of nitrogens with one attached hydrogen (secondary N) is 1. The smallest absolute Gasteiger partial charge is 0.251 e. The molecule has 0 aliphatic carbocycles. The van der Waals surface area contributed by atoms with Gasteiger partial charge in [-0.05, 0) is 43.2 Å². The lowest BCUT2D eigenvalue weighted by Gasteiger charge is -2.04. The average Bonchev–Trinajstić information content (AvgIpc) is 3.05. The summed E-state index contributed by atoms with van der Waals surface area (Å²) in [6.45, 7) is 2.60. The van der Waals surface area contributed by atoms with E-state index in [1.54, 1.807) is 0 Å². The van der Waals surface area contributed by atoms with Crippen molar-refractivity contribution in [3.05, 3.63) is 83.7 Å². The van der Waals surface area contributed by atoms with Crippen molar-refractivity contribution in [2.45, 2.75) is 13.3 Å². The first-order chi connectivity index (χ1) is 11.2. The fourth-order valence-electron chi connectivity index (χ4n) is 2.34. The number of nitrogens with zero attached hydrogens (tertiary/aromatic N) is 2. The number of para-hydroxylation sites is 1. The van der Waals surface area contributed by atoms with Crippen molar-refractivity contribution in [2.24, 2.45) is 0 Å². The third-order valence-electron chi connectivity index (χ3n) is 3.67. The van der Waals surface area contributed by atoms with E-state index < -0.39 is 0 Å². The number of carbonyl (C=O) groups is 1. The van der Waals surface area contributed by atoms with Crippen molar-refractivity contribution in [3.63, 3.8) is 0 Å². The highest BCUT2D eigenvalue weighted by Gasteiger charge is 2.05. The van der Waals surface area contributed by atoms with Gasteiger partial charge in [-0.15, -0.1) is 0 Å². The molecule has 0 radical (unpaired) electrons. The van der Waals surface area contributed by atoms with Crippen LogP contribution in [-0.4, -0.2) is 22.2 Å². The maximum atomic E-state index is 12.0. The third-order valence-corrected chi connectivity index (χ3v) is 3.67. The molecule has 0 saturated carbocycles. The molecule has 1 heterocycles. The van der Waals surface area contributed by atoms with E-state index in [4.69, 9.17) is 0 Å². The SMILES string of the molecule is Cc1ccc(C(=O)NCCc2cnn(-c3ccccc3)c2)cc1. The number of amides is 1. The summed E-state index contributed by atoms with van der Waals surface area (Å²) in [7, 11) is 0. The van der Waals surface area contributed by atoms with Crippen LogP contribution in [0.3, 0.4) is 0 Å². The molecule has 1 N–H and O–H groups in total. The van der Waals surface area contributed by atoms with Gasteiger partial charge in [0.15, 0.2) is 0 Å². The van der Waals surface area contributed by atoms with E-state index in [1.165, 1.54) is 0 Å². The number of hydrogen-bond acceptors (Lipinski definition) is 2. The van der Waals surface area contributed by atoms with Gasteiger partial charge in [0.1, 0.15) is 0 Å². The fraction of sp³-hybridized carbons (Fsp3) is 0.158. The van der Waals surface area contributed by atoms with Crippen LogP contribution in [-0.2, 0) is 6.42 Å². The molecule has 116 valence electrons. The Kier molecular flexibility index (Phi) is 4.52. The van der Waals surface area contributed by atoms with Crippen molar-refractivity contribution >= 4 is 5.91 Å². The molecule has 1 amide bonds. The molecule has 0 atom stereocenters. The van der Waals surface area contributed by atoms with Crippen LogP contribution < -0.4 is 5.32 Å². The molecule has 4 nitrogen and oxygen atoms in total. The van der Waals surface area contributed by atoms with Gasteiger partial charge in [-0.3, -0.25) is 4.79 Å². The lowest BCUT2D eigenvalue weighted by molar-refractivity contribution is 0.0954. The van der Waals surface area contributed by atoms with E-state index in [0.29, 0.717) is 12.1 Å². The van der Waals surface area contributed by atoms with Crippen LogP contribution in [0.4, 0.5) is 0 Å². The second-order valence-electron chi connectivity index (χ2n) is 5.50. The molecule has 0 fully saturated rings. The number of carbonyl (C=O) groups excluding carboxylic acids is 1. The van der Waals surface area contributed by atoms with Gasteiger partial charge in [0.25, 0.3) is 5.91 Å². The van der Waals surface area contributed by atoms with E-state index in [1.807, 2.05) is 78.6 Å². The Balaban J connectivity index is 1.54. The average molecular weight is 305 g/mol. The topological polar surface area (TPSA) is 46.9 Å². The van der Waals surface area contributed by atoms with Crippen molar-refractivity contribution in [1.29, 1.82) is 0 Å². The lowest BCUT2D eigenvalue weighted by atomic mass is 10.1. The highest BCUT2D eigenvalue weighted by Crippen LogP contribution is 2.08. The summed E-state index contributed by atoms with van der Waals surface area (Å²) in [6.07, 6.45) is 4.59. The molecule has 3 rings (SSSR count). The highest BCUT2D eigenvalue weighted by molar-refractivity contribution is 5.94. The molecule has 0 unspecified atom stereocenters. The Morgan fingerprint density at radius 3 is 2.57 bits per heavy atom. The summed E-state index contributed by atoms with van der Waals surface area (Å²) in [5, 5.41) is 7.30. The van der Waals surface area contributed by atoms with Crippen LogP contribution >= 0.6 is 0 Å². The van der Waals surface area contributed by atoms with Crippen LogP contribution in [0, 0.1) is 6.92 Å². The Morgan fingerprint density at radius 1 is 1.09 bits per heavy atom. The van der Waals surface area contributed by atoms with Gasteiger partial charge in [0, 0.05) is 18.3 Å². The van der Waals surface area contributed by atoms with Crippen LogP contribution in [0.15, 0.2) is 67.0 Å². The Hall–Kier alpha value is -2.88. The van der Waals surface area contributed by atoms with Gasteiger partial charge >= 0.3 is 0 Å². The summed E-state index contributed by atoms with van der Waals surface area (Å²) in [5.41, 5.74) is 3.96. The number of rotatable bonds is 5. The van der Waals surface area contributed by atoms with Crippen molar-refractivity contribution < 1.29 is 4.79 Å². The van der Waals surface area contributed by atoms with E-state index in [0.717, 1.165) is 23.2 Å². The summed E-state index contributed by atoms with van der Waals surface area (Å²) < 4.78 is 1.84. The molecular weight excluding hydrogens is 286 g/mol. The molecule has 4 heteroatoms. The minimum absolute atomic E-state index is 0.0412. The van der Waals surface area contributed by atoms with E-state index in [2.05, 4.69) is 10.4 Å². The van der Waals surface area contributed by atoms with E-state index in [-0.39, 0.29) is 5.91 Å². The molecule has 0 saturated heterocycles. The molecule has 0 spiro atoms. The van der Waals surface area contributed by atoms with Gasteiger partial charge in [-0.25, -0.2) is 4.68 Å². The monoisotopic (exact) mass is 305 g/mol. The van der Waals surface area contributed by atoms with Gasteiger partial charge in [-0.2, -0.15) is 5.10 Å². The Bertz CT molecular complexity index is 776. The molecule has 3 aromatic rings. The summed E-state index contributed by atoms with van der Waals surface area (Å²) in [6, 6.07) is 17.5. The second-order valence-corrected chi connectivity index (χ2v) is 5.50. The zero-order valence-corrected chi connectivity index (χ0v) is 13.1. The van der Waals surface area contributed by atoms with Crippen LogP contribution in [0.25, 0.3) is 5.69 Å². The quantitative estimate of drug-likeness (QED) is 0.787. The molecule has 2 aromatic carbocycles. The Morgan fingerprint density at radius 2 is 1.83 bits per heavy atom. The largest absolute Gasteiger partial charge is 0.352 e. The summed E-state index contributed by atoms with van der Waals surface area (Å²) in [4.78, 5) is 12.0. The predicted molar refractivity (Wildman–Crippen MR) is 90.8 cm³/mol. The fourth-order valence-corrected chi connectivity index (χ4v) is 2.34. The van der Waals surface area contributed by atoms with Gasteiger partial charge in [-0.1, -0.05) is 35.9 Å². The molecule has 0 aliphatic rings. The van der Waals surface area contributed by atoms with Crippen molar-refractivity contribution in [3.8, 4) is 5.69 Å². The molecular formula is C19H19N3O. The van der Waals surface area contributed by atoms with Crippen LogP contribution in [0.1, 0.15) is 21.5 Å². The zero-order valence-electron chi connectivity index (χ0n) is 13.1. The van der Waals surface area contributed by atoms with Crippen LogP contribution in [0.2, 0.25) is 0 Å². The minimum atomic E-state index is -0.0412. The van der Waals surface area contributed by atoms with E-state index >= 15 is 0 Å². The molecule has 23 heavy (non-hydrogen) atoms. The number of aromatic nitrogens is 2. The highest BCUT2D eigenvalue weighted by atomic mass is 16.1. The summed E-state index contributed by atoms with van der Waals surface area (Å²) >= 11 is 0. The molecule has 0 aliphatic heterocycles. The first-order valence-electron chi connectivity index (χ1n) is 7.66. The van der Waals surface area contributed by atoms with Gasteiger partial charge < -0.3 is 5.32 Å². The standard InChI is InChI=1S/C19H19N3O/c1-15-7-9-17(10-8-15)19(23)20-12-11-16-13-21-22(14-16)18-5-3-2-4-6-18/h2-10,13-14H,11-12H2,1H3,(H,20,23). The normalized spacial score (nSPS) is 10.5. The summed E-state index contributed by atoms with van der Waals surface area (Å²) in [5.74, 6) is -0.0412. The van der Waals surface area contributed by atoms with Crippen molar-refractivity contribution in [2.75, 3.05) is 6.54 Å². The minimum Gasteiger partial charge on any atom is -0.352 e. The maximum absolute atomic E-state index is 12.0. The van der Waals surface area contributed by atoms with Crippen molar-refractivity contribution in [1.82, 2.24) is 15.1 Å². The zero-order chi connectivity index (χ0) is 16.1. The van der Waals surface area contributed by atoms with E-state index in [9.17, 15) is 4.79 Å². The van der Waals surface area contributed by atoms with Gasteiger partial charge in [0.05, 0.1) is 11.9 Å². The first kappa shape index (κ1) is 15.0. The Labute approximate surface area is 135 Å². The van der Waals surface area contributed by atoms with Crippen LogP contribution in [0.5, 0.6) is 0 Å². The molecule has 0 bridgehead atoms. The third kappa shape index (κ3) is 3.86. The number of aryl methyl sites for hydroxylation is 1. The predicted octanol–water partition coefficient (Wildman–Crippen LogP) is 3.15. The second kappa shape index (κ2) is 6.92. The number of benzene rings is 2. The maximum Gasteiger partial charge on any atom is 0.251 e. The number of hydrogen-bond donors (Lipinski definition) is 1. The molecule has 1 aromatic heterocycles. The first-order valence-corrected chi connectivity index (χ1v) is 7.66. The lowest BCUT2D eigenvalue weighted by Crippen LogP contribution is -2.25. The van der Waals surface area contributed by atoms with Gasteiger partial charge in [0.2, 0.25) is 0 Å².